The average molecular weight is 1140 g/mol. The van der Waals surface area contributed by atoms with E-state index in [1.54, 1.807) is 89.2 Å². The number of likely N-dealkylation sites (N-methyl/N-ethyl adjacent to an activating group) is 1. The molecule has 460 valence electrons. The molecule has 0 spiro atoms. The summed E-state index contributed by atoms with van der Waals surface area (Å²) in [5.74, 6) is -1.48. The van der Waals surface area contributed by atoms with Crippen molar-refractivity contribution in [2.75, 3.05) is 46.4 Å². The van der Waals surface area contributed by atoms with Crippen LogP contribution < -0.4 is 26.6 Å². The molecular formula is C55H97N7O18. The summed E-state index contributed by atoms with van der Waals surface area (Å²) in [6.45, 7) is 31.8. The summed E-state index contributed by atoms with van der Waals surface area (Å²) in [5, 5.41) is 73.6. The van der Waals surface area contributed by atoms with E-state index in [1.165, 1.54) is 18.9 Å². The second-order valence-electron chi connectivity index (χ2n) is 26.9. The third kappa shape index (κ3) is 21.5. The SMILES string of the molecule is C=C(N[C@H]1C[C@@H](NC(=O)C(O)C2CN(C(=O)OC(C)(C)C)C2)[C@H](O[C@H]2OC[C@](C)(O)[C@H](N(C)C(=O)OC(C)(C)C)[C@H]2O)[C@@H](O)[C@@H]1O[C@H]1OC(CNCC(O)CCNC(=O)OC(C)(C)C)=CC[C@H]1NC(=O)CC(C)(C)C)OC(C)(C)C. The number of amides is 5. The molecule has 25 nitrogen and oxygen atoms in total. The maximum Gasteiger partial charge on any atom is 0.410 e. The van der Waals surface area contributed by atoms with E-state index in [1.807, 2.05) is 20.8 Å². The van der Waals surface area contributed by atoms with Gasteiger partial charge in [-0.05, 0) is 127 Å². The summed E-state index contributed by atoms with van der Waals surface area (Å²) >= 11 is 0. The van der Waals surface area contributed by atoms with E-state index in [2.05, 4.69) is 33.2 Å². The lowest BCUT2D eigenvalue weighted by molar-refractivity contribution is -0.311. The van der Waals surface area contributed by atoms with Crippen molar-refractivity contribution < 1.29 is 87.4 Å². The van der Waals surface area contributed by atoms with Gasteiger partial charge in [0.1, 0.15) is 64.3 Å². The first-order valence-corrected chi connectivity index (χ1v) is 27.6. The molecule has 0 bridgehead atoms. The smallest absolute Gasteiger partial charge is 0.410 e. The van der Waals surface area contributed by atoms with Gasteiger partial charge in [-0.25, -0.2) is 14.4 Å². The van der Waals surface area contributed by atoms with Gasteiger partial charge in [0, 0.05) is 45.6 Å². The Morgan fingerprint density at radius 1 is 0.787 bits per heavy atom. The van der Waals surface area contributed by atoms with Crippen LogP contribution in [0.25, 0.3) is 0 Å². The van der Waals surface area contributed by atoms with Gasteiger partial charge < -0.3 is 99.8 Å². The minimum Gasteiger partial charge on any atom is -0.474 e. The van der Waals surface area contributed by atoms with Crippen LogP contribution in [0.4, 0.5) is 14.4 Å². The number of hydrogen-bond donors (Lipinski definition) is 10. The van der Waals surface area contributed by atoms with Crippen molar-refractivity contribution in [1.29, 1.82) is 0 Å². The van der Waals surface area contributed by atoms with Crippen molar-refractivity contribution in [2.24, 2.45) is 11.3 Å². The minimum atomic E-state index is -1.86. The molecule has 10 N–H and O–H groups in total. The first-order valence-electron chi connectivity index (χ1n) is 27.6. The van der Waals surface area contributed by atoms with Crippen molar-refractivity contribution in [3.63, 3.8) is 0 Å². The fourth-order valence-corrected chi connectivity index (χ4v) is 9.46. The summed E-state index contributed by atoms with van der Waals surface area (Å²) in [7, 11) is 1.34. The van der Waals surface area contributed by atoms with Gasteiger partial charge in [0.2, 0.25) is 18.1 Å². The van der Waals surface area contributed by atoms with Crippen LogP contribution in [0.1, 0.15) is 136 Å². The maximum atomic E-state index is 14.2. The fraction of sp³-hybridized carbons (Fsp3) is 0.836. The number of nitrogens with zero attached hydrogens (tertiary/aromatic N) is 2. The number of ether oxygens (including phenoxy) is 8. The zero-order chi connectivity index (χ0) is 60.7. The molecule has 3 heterocycles. The van der Waals surface area contributed by atoms with Crippen molar-refractivity contribution >= 4 is 30.1 Å². The van der Waals surface area contributed by atoms with E-state index in [0.717, 1.165) is 4.90 Å². The highest BCUT2D eigenvalue weighted by Gasteiger charge is 2.55. The quantitative estimate of drug-likeness (QED) is 0.0619. The van der Waals surface area contributed by atoms with Crippen molar-refractivity contribution in [2.45, 2.75) is 238 Å². The second-order valence-corrected chi connectivity index (χ2v) is 26.9. The molecule has 2 saturated heterocycles. The zero-order valence-corrected chi connectivity index (χ0v) is 50.3. The first-order chi connectivity index (χ1) is 36.5. The number of carbonyl (C=O) groups excluding carboxylic acids is 5. The molecule has 0 aromatic rings. The van der Waals surface area contributed by atoms with Crippen LogP contribution in [0.3, 0.4) is 0 Å². The molecular weight excluding hydrogens is 1050 g/mol. The third-order valence-electron chi connectivity index (χ3n) is 12.9. The Hall–Kier alpha value is -4.73. The standard InChI is InChI=1S/C55H97N7O18/c1-30(77-51(5,6)7)58-35-23-36(60-44(68)38(65)31-27-62(28-31)49(71)80-54(14,15)16)42(76-46-40(67)43(55(17,72)29-73-46)61(18)48(70)79-53(11,12)13)39(66)41(35)75-45-34(59-37(64)24-50(2,3)4)20-19-33(74-45)26-56-25-32(63)21-22-57-47(69)78-52(8,9)10/h19,31-32,34-36,38-43,45-46,56,58,63,65-67,72H,1,20-29H2,2-18H3,(H,57,69)(H,59,64)(H,60,68)/t32?,34-,35+,36-,38?,39+,40-,41-,42+,43-,45-,46-,55+/m1/s1. The molecule has 25 heteroatoms. The van der Waals surface area contributed by atoms with Gasteiger partial charge in [-0.15, -0.1) is 0 Å². The lowest BCUT2D eigenvalue weighted by Gasteiger charge is -2.51. The minimum absolute atomic E-state index is 0.00405. The molecule has 0 aromatic heterocycles. The topological polar surface area (TPSA) is 327 Å². The molecule has 1 aliphatic carbocycles. The average Bonchev–Trinajstić information content (AvgIpc) is 3.23. The summed E-state index contributed by atoms with van der Waals surface area (Å²) in [5.41, 5.74) is -5.45. The zero-order valence-electron chi connectivity index (χ0n) is 50.3. The van der Waals surface area contributed by atoms with E-state index in [-0.39, 0.29) is 70.2 Å². The number of rotatable bonds is 20. The molecule has 3 fully saturated rings. The molecule has 4 aliphatic rings. The molecule has 80 heavy (non-hydrogen) atoms. The van der Waals surface area contributed by atoms with Crippen LogP contribution in [0.2, 0.25) is 0 Å². The molecule has 4 rings (SSSR count). The lowest BCUT2D eigenvalue weighted by Crippen LogP contribution is -2.71. The molecule has 1 saturated carbocycles. The lowest BCUT2D eigenvalue weighted by atomic mass is 9.82. The summed E-state index contributed by atoms with van der Waals surface area (Å²) in [6.07, 6.45) is -12.1. The van der Waals surface area contributed by atoms with Crippen LogP contribution in [0.15, 0.2) is 24.3 Å². The highest BCUT2D eigenvalue weighted by Crippen LogP contribution is 2.36. The fourth-order valence-electron chi connectivity index (χ4n) is 9.46. The van der Waals surface area contributed by atoms with Crippen LogP contribution in [0, 0.1) is 11.3 Å². The van der Waals surface area contributed by atoms with Gasteiger partial charge in [-0.2, -0.15) is 0 Å². The summed E-state index contributed by atoms with van der Waals surface area (Å²) in [4.78, 5) is 68.6. The number of carbonyl (C=O) groups is 5. The van der Waals surface area contributed by atoms with E-state index >= 15 is 0 Å². The van der Waals surface area contributed by atoms with Crippen LogP contribution in [-0.2, 0) is 47.5 Å². The van der Waals surface area contributed by atoms with Crippen molar-refractivity contribution in [1.82, 2.24) is 36.4 Å². The highest BCUT2D eigenvalue weighted by molar-refractivity contribution is 5.82. The number of aliphatic hydroxyl groups excluding tert-OH is 4. The summed E-state index contributed by atoms with van der Waals surface area (Å²) in [6, 6.07) is -4.51. The number of aliphatic hydroxyl groups is 5. The third-order valence-corrected chi connectivity index (χ3v) is 12.9. The highest BCUT2D eigenvalue weighted by atomic mass is 16.7. The van der Waals surface area contributed by atoms with Gasteiger partial charge >= 0.3 is 18.3 Å². The van der Waals surface area contributed by atoms with E-state index < -0.39 is 144 Å². The molecule has 3 aliphatic heterocycles. The van der Waals surface area contributed by atoms with Gasteiger partial charge in [0.15, 0.2) is 12.2 Å². The van der Waals surface area contributed by atoms with E-state index in [4.69, 9.17) is 37.9 Å². The van der Waals surface area contributed by atoms with E-state index in [9.17, 15) is 49.5 Å². The van der Waals surface area contributed by atoms with Gasteiger partial charge in [-0.1, -0.05) is 20.8 Å². The van der Waals surface area contributed by atoms with E-state index in [0.29, 0.717) is 5.76 Å². The predicted octanol–water partition coefficient (Wildman–Crippen LogP) is 2.60. The maximum absolute atomic E-state index is 14.2. The Morgan fingerprint density at radius 3 is 1.91 bits per heavy atom. The van der Waals surface area contributed by atoms with Crippen LogP contribution in [-0.4, -0.2) is 213 Å². The monoisotopic (exact) mass is 1140 g/mol. The van der Waals surface area contributed by atoms with Gasteiger partial charge in [0.05, 0.1) is 43.4 Å². The normalized spacial score (nSPS) is 28.6. The predicted molar refractivity (Wildman–Crippen MR) is 292 cm³/mol. The summed E-state index contributed by atoms with van der Waals surface area (Å²) < 4.78 is 48.2. The Labute approximate surface area is 472 Å². The number of alkyl carbamates (subject to hydrolysis) is 1. The molecule has 2 unspecified atom stereocenters. The number of hydrogen-bond acceptors (Lipinski definition) is 20. The largest absolute Gasteiger partial charge is 0.474 e. The van der Waals surface area contributed by atoms with Crippen molar-refractivity contribution in [3.8, 4) is 0 Å². The number of likely N-dealkylation sites (tertiary alicyclic amines) is 1. The second kappa shape index (κ2) is 27.1. The molecule has 13 atom stereocenters. The Balaban J connectivity index is 1.71. The number of nitrogens with one attached hydrogen (secondary N) is 5. The Bertz CT molecular complexity index is 2140. The Kier molecular flexibility index (Phi) is 23.0. The molecule has 0 radical (unpaired) electrons. The first kappa shape index (κ1) is 67.8. The van der Waals surface area contributed by atoms with Crippen LogP contribution in [0.5, 0.6) is 0 Å². The van der Waals surface area contributed by atoms with Gasteiger partial charge in [0.25, 0.3) is 0 Å². The van der Waals surface area contributed by atoms with Gasteiger partial charge in [-0.3, -0.25) is 9.59 Å². The molecule has 0 aromatic carbocycles. The Morgan fingerprint density at radius 2 is 1.35 bits per heavy atom. The van der Waals surface area contributed by atoms with Crippen molar-refractivity contribution in [3.05, 3.63) is 24.3 Å². The molecule has 5 amide bonds. The van der Waals surface area contributed by atoms with Crippen LogP contribution >= 0.6 is 0 Å².